The van der Waals surface area contributed by atoms with Gasteiger partial charge in [0, 0.05) is 12.5 Å². The Kier molecular flexibility index (Phi) is 4.36. The van der Waals surface area contributed by atoms with E-state index in [-0.39, 0.29) is 0 Å². The van der Waals surface area contributed by atoms with Crippen molar-refractivity contribution in [1.82, 2.24) is 20.4 Å². The van der Waals surface area contributed by atoms with Crippen LogP contribution < -0.4 is 5.32 Å². The molecule has 0 aromatic carbocycles. The maximum absolute atomic E-state index is 5.55. The van der Waals surface area contributed by atoms with Gasteiger partial charge in [0.25, 0.3) is 0 Å². The van der Waals surface area contributed by atoms with Crippen LogP contribution in [-0.2, 0) is 6.42 Å². The van der Waals surface area contributed by atoms with Crippen LogP contribution in [0.2, 0.25) is 0 Å². The number of hydrogen-bond acceptors (Lipinski definition) is 5. The van der Waals surface area contributed by atoms with Gasteiger partial charge < -0.3 is 9.84 Å². The molecule has 0 aliphatic carbocycles. The number of piperidine rings is 1. The summed E-state index contributed by atoms with van der Waals surface area (Å²) in [5.74, 6) is 2.29. The third kappa shape index (κ3) is 3.04. The van der Waals surface area contributed by atoms with Gasteiger partial charge in [-0.25, -0.2) is 0 Å². The lowest BCUT2D eigenvalue weighted by atomic mass is 10.0. The molecule has 0 radical (unpaired) electrons. The van der Waals surface area contributed by atoms with E-state index in [1.54, 1.807) is 0 Å². The van der Waals surface area contributed by atoms with Gasteiger partial charge in [-0.15, -0.1) is 0 Å². The van der Waals surface area contributed by atoms with Crippen LogP contribution >= 0.6 is 0 Å². The second kappa shape index (κ2) is 6.22. The number of rotatable bonds is 4. The van der Waals surface area contributed by atoms with E-state index in [1.165, 1.54) is 25.8 Å². The highest BCUT2D eigenvalue weighted by atomic mass is 16.5. The third-order valence-electron chi connectivity index (χ3n) is 4.43. The molecule has 2 aliphatic rings. The molecule has 1 unspecified atom stereocenters. The molecule has 0 spiro atoms. The quantitative estimate of drug-likeness (QED) is 0.914. The lowest BCUT2D eigenvalue weighted by Crippen LogP contribution is -2.42. The van der Waals surface area contributed by atoms with E-state index in [0.717, 1.165) is 37.6 Å². The van der Waals surface area contributed by atoms with E-state index >= 15 is 0 Å². The lowest BCUT2D eigenvalue weighted by molar-refractivity contribution is 0.126. The van der Waals surface area contributed by atoms with Crippen molar-refractivity contribution in [2.24, 2.45) is 5.92 Å². The van der Waals surface area contributed by atoms with Crippen molar-refractivity contribution in [1.29, 1.82) is 0 Å². The van der Waals surface area contributed by atoms with Crippen LogP contribution in [0, 0.1) is 5.92 Å². The van der Waals surface area contributed by atoms with Crippen molar-refractivity contribution in [2.45, 2.75) is 58.0 Å². The van der Waals surface area contributed by atoms with Gasteiger partial charge in [-0.1, -0.05) is 19.0 Å². The summed E-state index contributed by atoms with van der Waals surface area (Å²) in [6, 6.07) is 1.04. The van der Waals surface area contributed by atoms with E-state index in [1.807, 2.05) is 0 Å². The van der Waals surface area contributed by atoms with Crippen molar-refractivity contribution >= 4 is 0 Å². The zero-order valence-electron chi connectivity index (χ0n) is 12.6. The third-order valence-corrected chi connectivity index (χ3v) is 4.43. The number of nitrogens with one attached hydrogen (secondary N) is 1. The fourth-order valence-electron chi connectivity index (χ4n) is 3.48. The minimum Gasteiger partial charge on any atom is -0.338 e. The molecular weight excluding hydrogens is 252 g/mol. The number of aromatic nitrogens is 2. The van der Waals surface area contributed by atoms with Crippen molar-refractivity contribution in [2.75, 3.05) is 19.6 Å². The molecule has 2 fully saturated rings. The molecule has 0 amide bonds. The Labute approximate surface area is 121 Å². The highest BCUT2D eigenvalue weighted by Gasteiger charge is 2.35. The van der Waals surface area contributed by atoms with Gasteiger partial charge in [-0.3, -0.25) is 4.90 Å². The topological polar surface area (TPSA) is 54.2 Å². The molecule has 20 heavy (non-hydrogen) atoms. The summed E-state index contributed by atoms with van der Waals surface area (Å²) in [5, 5.41) is 7.60. The van der Waals surface area contributed by atoms with Gasteiger partial charge in [0.1, 0.15) is 0 Å². The molecular formula is C15H26N4O. The Morgan fingerprint density at radius 3 is 2.85 bits per heavy atom. The SMILES string of the molecule is CC(C)Cc1noc(C2CCCN2C2CCNCC2)n1. The standard InChI is InChI=1S/C15H26N4O/c1-11(2)10-14-17-15(20-18-14)13-4-3-9-19(13)12-5-7-16-8-6-12/h11-13,16H,3-10H2,1-2H3. The first kappa shape index (κ1) is 14.0. The van der Waals surface area contributed by atoms with Crippen LogP contribution in [-0.4, -0.2) is 40.7 Å². The highest BCUT2D eigenvalue weighted by Crippen LogP contribution is 2.34. The average Bonchev–Trinajstić information content (AvgIpc) is 3.07. The monoisotopic (exact) mass is 278 g/mol. The summed E-state index contributed by atoms with van der Waals surface area (Å²) >= 11 is 0. The van der Waals surface area contributed by atoms with Gasteiger partial charge in [0.15, 0.2) is 5.82 Å². The molecule has 2 saturated heterocycles. The fraction of sp³-hybridized carbons (Fsp3) is 0.867. The molecule has 1 aromatic rings. The Morgan fingerprint density at radius 1 is 1.30 bits per heavy atom. The van der Waals surface area contributed by atoms with Crippen molar-refractivity contribution in [3.63, 3.8) is 0 Å². The smallest absolute Gasteiger partial charge is 0.244 e. The Bertz CT molecular complexity index is 425. The van der Waals surface area contributed by atoms with E-state index in [2.05, 4.69) is 34.2 Å². The first-order valence-electron chi connectivity index (χ1n) is 8.03. The molecule has 5 nitrogen and oxygen atoms in total. The summed E-state index contributed by atoms with van der Waals surface area (Å²) in [5.41, 5.74) is 0. The molecule has 0 saturated carbocycles. The second-order valence-corrected chi connectivity index (χ2v) is 6.52. The summed E-state index contributed by atoms with van der Waals surface area (Å²) in [6.45, 7) is 7.82. The zero-order chi connectivity index (χ0) is 13.9. The fourth-order valence-corrected chi connectivity index (χ4v) is 3.48. The molecule has 1 atom stereocenters. The number of hydrogen-bond donors (Lipinski definition) is 1. The summed E-state index contributed by atoms with van der Waals surface area (Å²) in [6.07, 6.45) is 5.79. The number of nitrogens with zero attached hydrogens (tertiary/aromatic N) is 3. The highest BCUT2D eigenvalue weighted by molar-refractivity contribution is 4.99. The predicted octanol–water partition coefficient (Wildman–Crippen LogP) is 2.16. The summed E-state index contributed by atoms with van der Waals surface area (Å²) < 4.78 is 5.55. The van der Waals surface area contributed by atoms with E-state index in [4.69, 9.17) is 4.52 Å². The molecule has 112 valence electrons. The maximum Gasteiger partial charge on any atom is 0.244 e. The minimum absolute atomic E-state index is 0.353. The average molecular weight is 278 g/mol. The van der Waals surface area contributed by atoms with E-state index < -0.39 is 0 Å². The van der Waals surface area contributed by atoms with Crippen molar-refractivity contribution in [3.8, 4) is 0 Å². The van der Waals surface area contributed by atoms with Crippen molar-refractivity contribution < 1.29 is 4.52 Å². The molecule has 3 heterocycles. The molecule has 3 rings (SSSR count). The minimum atomic E-state index is 0.353. The van der Waals surface area contributed by atoms with E-state index in [0.29, 0.717) is 18.0 Å². The Hall–Kier alpha value is -0.940. The molecule has 5 heteroatoms. The van der Waals surface area contributed by atoms with Crippen molar-refractivity contribution in [3.05, 3.63) is 11.7 Å². The molecule has 1 N–H and O–H groups in total. The van der Waals surface area contributed by atoms with Gasteiger partial charge in [0.05, 0.1) is 6.04 Å². The van der Waals surface area contributed by atoms with Gasteiger partial charge in [-0.05, 0) is 51.2 Å². The molecule has 1 aromatic heterocycles. The second-order valence-electron chi connectivity index (χ2n) is 6.52. The van der Waals surface area contributed by atoms with Gasteiger partial charge in [-0.2, -0.15) is 4.98 Å². The molecule has 2 aliphatic heterocycles. The Balaban J connectivity index is 1.69. The first-order chi connectivity index (χ1) is 9.74. The predicted molar refractivity (Wildman–Crippen MR) is 77.4 cm³/mol. The van der Waals surface area contributed by atoms with E-state index in [9.17, 15) is 0 Å². The van der Waals surface area contributed by atoms with Crippen LogP contribution in [0.3, 0.4) is 0 Å². The summed E-state index contributed by atoms with van der Waals surface area (Å²) in [4.78, 5) is 7.25. The Morgan fingerprint density at radius 2 is 2.10 bits per heavy atom. The van der Waals surface area contributed by atoms with Crippen LogP contribution in [0.25, 0.3) is 0 Å². The van der Waals surface area contributed by atoms with Gasteiger partial charge in [0.2, 0.25) is 5.89 Å². The normalized spacial score (nSPS) is 25.6. The molecule has 0 bridgehead atoms. The summed E-state index contributed by atoms with van der Waals surface area (Å²) in [7, 11) is 0. The largest absolute Gasteiger partial charge is 0.338 e. The van der Waals surface area contributed by atoms with Crippen LogP contribution in [0.5, 0.6) is 0 Å². The van der Waals surface area contributed by atoms with Crippen LogP contribution in [0.15, 0.2) is 4.52 Å². The van der Waals surface area contributed by atoms with Crippen LogP contribution in [0.4, 0.5) is 0 Å². The first-order valence-corrected chi connectivity index (χ1v) is 8.03. The number of likely N-dealkylation sites (tertiary alicyclic amines) is 1. The lowest BCUT2D eigenvalue weighted by Gasteiger charge is -2.34. The van der Waals surface area contributed by atoms with Crippen LogP contribution in [0.1, 0.15) is 57.3 Å². The van der Waals surface area contributed by atoms with Gasteiger partial charge >= 0.3 is 0 Å². The zero-order valence-corrected chi connectivity index (χ0v) is 12.6. The maximum atomic E-state index is 5.55.